The molecule has 0 spiro atoms. The van der Waals surface area contributed by atoms with Crippen molar-refractivity contribution in [2.24, 2.45) is 0 Å². The Bertz CT molecular complexity index is 500. The fourth-order valence-corrected chi connectivity index (χ4v) is 2.38. The van der Waals surface area contributed by atoms with Crippen LogP contribution in [0.2, 0.25) is 0 Å². The lowest BCUT2D eigenvalue weighted by Gasteiger charge is -2.12. The van der Waals surface area contributed by atoms with Crippen LogP contribution in [0.4, 0.5) is 11.4 Å². The molecule has 4 nitrogen and oxygen atoms in total. The van der Waals surface area contributed by atoms with Crippen LogP contribution >= 0.6 is 11.3 Å². The number of anilines is 2. The summed E-state index contributed by atoms with van der Waals surface area (Å²) >= 11 is 1.63. The zero-order valence-electron chi connectivity index (χ0n) is 9.84. The minimum absolute atomic E-state index is 0.250. The smallest absolute Gasteiger partial charge is 0.0942 e. The van der Waals surface area contributed by atoms with Gasteiger partial charge >= 0.3 is 0 Å². The molecule has 0 amide bonds. The second kappa shape index (κ2) is 5.86. The van der Waals surface area contributed by atoms with Gasteiger partial charge in [-0.05, 0) is 29.6 Å². The molecule has 0 aliphatic carbocycles. The second-order valence-electron chi connectivity index (χ2n) is 4.00. The summed E-state index contributed by atoms with van der Waals surface area (Å²) in [7, 11) is 0. The Morgan fingerprint density at radius 3 is 2.83 bits per heavy atom. The Labute approximate surface area is 110 Å². The first-order chi connectivity index (χ1) is 8.70. The van der Waals surface area contributed by atoms with Gasteiger partial charge < -0.3 is 21.3 Å². The van der Waals surface area contributed by atoms with Gasteiger partial charge in [-0.2, -0.15) is 0 Å². The summed E-state index contributed by atoms with van der Waals surface area (Å²) in [5.41, 5.74) is 8.53. The van der Waals surface area contributed by atoms with Crippen molar-refractivity contribution in [3.05, 3.63) is 35.7 Å². The molecule has 0 aliphatic heterocycles. The minimum atomic E-state index is -0.757. The molecule has 0 aliphatic rings. The van der Waals surface area contributed by atoms with Gasteiger partial charge in [0.15, 0.2) is 0 Å². The van der Waals surface area contributed by atoms with E-state index in [9.17, 15) is 5.11 Å². The molecule has 0 bridgehead atoms. The zero-order chi connectivity index (χ0) is 13.0. The SMILES string of the molecule is Nc1ccc(NCC(O)CO)cc1-c1cccs1. The van der Waals surface area contributed by atoms with Crippen LogP contribution in [0.3, 0.4) is 0 Å². The van der Waals surface area contributed by atoms with Gasteiger partial charge in [0.1, 0.15) is 0 Å². The van der Waals surface area contributed by atoms with Crippen LogP contribution in [0.1, 0.15) is 0 Å². The van der Waals surface area contributed by atoms with E-state index in [0.29, 0.717) is 6.54 Å². The Morgan fingerprint density at radius 1 is 1.33 bits per heavy atom. The van der Waals surface area contributed by atoms with E-state index in [1.165, 1.54) is 0 Å². The van der Waals surface area contributed by atoms with Crippen LogP contribution < -0.4 is 11.1 Å². The third-order valence-electron chi connectivity index (χ3n) is 2.59. The minimum Gasteiger partial charge on any atom is -0.398 e. The molecule has 18 heavy (non-hydrogen) atoms. The molecule has 1 atom stereocenters. The van der Waals surface area contributed by atoms with Crippen molar-refractivity contribution in [3.8, 4) is 10.4 Å². The highest BCUT2D eigenvalue weighted by atomic mass is 32.1. The topological polar surface area (TPSA) is 78.5 Å². The van der Waals surface area contributed by atoms with Gasteiger partial charge in [-0.15, -0.1) is 11.3 Å². The van der Waals surface area contributed by atoms with Gasteiger partial charge in [0, 0.05) is 28.4 Å². The molecule has 96 valence electrons. The van der Waals surface area contributed by atoms with E-state index in [4.69, 9.17) is 10.8 Å². The van der Waals surface area contributed by atoms with Crippen molar-refractivity contribution in [2.45, 2.75) is 6.10 Å². The summed E-state index contributed by atoms with van der Waals surface area (Å²) < 4.78 is 0. The van der Waals surface area contributed by atoms with Gasteiger partial charge in [0.05, 0.1) is 12.7 Å². The standard InChI is InChI=1S/C13H16N2O2S/c14-12-4-3-9(15-7-10(17)8-16)6-11(12)13-2-1-5-18-13/h1-6,10,15-17H,7-8,14H2. The van der Waals surface area contributed by atoms with Gasteiger partial charge in [-0.3, -0.25) is 0 Å². The first-order valence-electron chi connectivity index (χ1n) is 5.67. The lowest BCUT2D eigenvalue weighted by Crippen LogP contribution is -2.22. The fourth-order valence-electron chi connectivity index (χ4n) is 1.61. The largest absolute Gasteiger partial charge is 0.398 e. The van der Waals surface area contributed by atoms with E-state index in [1.807, 2.05) is 35.7 Å². The van der Waals surface area contributed by atoms with E-state index in [0.717, 1.165) is 21.8 Å². The van der Waals surface area contributed by atoms with Gasteiger partial charge in [-0.25, -0.2) is 0 Å². The molecule has 1 heterocycles. The van der Waals surface area contributed by atoms with E-state index >= 15 is 0 Å². The number of benzene rings is 1. The maximum absolute atomic E-state index is 9.29. The van der Waals surface area contributed by atoms with E-state index in [-0.39, 0.29) is 6.61 Å². The third-order valence-corrected chi connectivity index (χ3v) is 3.50. The van der Waals surface area contributed by atoms with Crippen molar-refractivity contribution in [1.82, 2.24) is 0 Å². The number of nitrogens with one attached hydrogen (secondary N) is 1. The number of aliphatic hydroxyl groups excluding tert-OH is 2. The lowest BCUT2D eigenvalue weighted by atomic mass is 10.1. The maximum atomic E-state index is 9.29. The normalized spacial score (nSPS) is 12.3. The molecule has 5 heteroatoms. The van der Waals surface area contributed by atoms with Crippen molar-refractivity contribution < 1.29 is 10.2 Å². The average molecular weight is 264 g/mol. The fraction of sp³-hybridized carbons (Fsp3) is 0.231. The number of rotatable bonds is 5. The Kier molecular flexibility index (Phi) is 4.19. The van der Waals surface area contributed by atoms with Crippen LogP contribution in [-0.2, 0) is 0 Å². The van der Waals surface area contributed by atoms with Gasteiger partial charge in [-0.1, -0.05) is 6.07 Å². The summed E-state index contributed by atoms with van der Waals surface area (Å²) in [6, 6.07) is 9.64. The van der Waals surface area contributed by atoms with Crippen LogP contribution in [0.15, 0.2) is 35.7 Å². The molecule has 0 fully saturated rings. The maximum Gasteiger partial charge on any atom is 0.0942 e. The van der Waals surface area contributed by atoms with Gasteiger partial charge in [0.2, 0.25) is 0 Å². The van der Waals surface area contributed by atoms with E-state index in [1.54, 1.807) is 11.3 Å². The van der Waals surface area contributed by atoms with Crippen LogP contribution in [0.25, 0.3) is 10.4 Å². The lowest BCUT2D eigenvalue weighted by molar-refractivity contribution is 0.105. The summed E-state index contributed by atoms with van der Waals surface area (Å²) in [5.74, 6) is 0. The molecular formula is C13H16N2O2S. The predicted octanol–water partition coefficient (Wildman–Crippen LogP) is 1.76. The quantitative estimate of drug-likeness (QED) is 0.621. The van der Waals surface area contributed by atoms with Crippen molar-refractivity contribution >= 4 is 22.7 Å². The van der Waals surface area contributed by atoms with E-state index in [2.05, 4.69) is 5.32 Å². The molecule has 1 aromatic heterocycles. The molecule has 0 saturated carbocycles. The number of hydrogen-bond acceptors (Lipinski definition) is 5. The number of nitrogen functional groups attached to an aromatic ring is 1. The predicted molar refractivity (Wildman–Crippen MR) is 75.7 cm³/mol. The van der Waals surface area contributed by atoms with Crippen molar-refractivity contribution in [2.75, 3.05) is 24.2 Å². The molecule has 2 rings (SSSR count). The Balaban J connectivity index is 2.17. The molecule has 1 unspecified atom stereocenters. The Morgan fingerprint density at radius 2 is 2.17 bits per heavy atom. The van der Waals surface area contributed by atoms with Crippen LogP contribution in [0.5, 0.6) is 0 Å². The van der Waals surface area contributed by atoms with Gasteiger partial charge in [0.25, 0.3) is 0 Å². The summed E-state index contributed by atoms with van der Waals surface area (Å²) in [6.45, 7) is 0.0596. The first kappa shape index (κ1) is 12.9. The second-order valence-corrected chi connectivity index (χ2v) is 4.94. The zero-order valence-corrected chi connectivity index (χ0v) is 10.7. The summed E-state index contributed by atoms with van der Waals surface area (Å²) in [4.78, 5) is 1.11. The molecule has 0 saturated heterocycles. The van der Waals surface area contributed by atoms with Crippen molar-refractivity contribution in [3.63, 3.8) is 0 Å². The highest BCUT2D eigenvalue weighted by Crippen LogP contribution is 2.32. The third kappa shape index (κ3) is 3.01. The summed E-state index contributed by atoms with van der Waals surface area (Å²) in [5, 5.41) is 23.1. The molecule has 2 aromatic rings. The Hall–Kier alpha value is -1.56. The number of nitrogens with two attached hydrogens (primary N) is 1. The van der Waals surface area contributed by atoms with Crippen LogP contribution in [0, 0.1) is 0 Å². The summed E-state index contributed by atoms with van der Waals surface area (Å²) in [6.07, 6.45) is -0.757. The molecular weight excluding hydrogens is 248 g/mol. The van der Waals surface area contributed by atoms with E-state index < -0.39 is 6.10 Å². The highest BCUT2D eigenvalue weighted by Gasteiger charge is 2.06. The van der Waals surface area contributed by atoms with Crippen LogP contribution in [-0.4, -0.2) is 29.5 Å². The molecule has 1 aromatic carbocycles. The monoisotopic (exact) mass is 264 g/mol. The first-order valence-corrected chi connectivity index (χ1v) is 6.55. The highest BCUT2D eigenvalue weighted by molar-refractivity contribution is 7.13. The number of thiophene rings is 1. The number of aliphatic hydroxyl groups is 2. The molecule has 5 N–H and O–H groups in total. The number of hydrogen-bond donors (Lipinski definition) is 4. The van der Waals surface area contributed by atoms with Crippen molar-refractivity contribution in [1.29, 1.82) is 0 Å². The average Bonchev–Trinajstić information content (AvgIpc) is 2.91. The molecule has 0 radical (unpaired) electrons.